The minimum atomic E-state index is -0.207. The molecule has 0 saturated carbocycles. The number of piperidine rings is 1. The van der Waals surface area contributed by atoms with Gasteiger partial charge in [-0.25, -0.2) is 0 Å². The lowest BCUT2D eigenvalue weighted by molar-refractivity contribution is -0.121. The Kier molecular flexibility index (Phi) is 5.39. The molecule has 0 aromatic heterocycles. The van der Waals surface area contributed by atoms with Crippen LogP contribution in [0.15, 0.2) is 48.5 Å². The number of halogens is 1. The van der Waals surface area contributed by atoms with Crippen LogP contribution in [0.4, 0.5) is 5.69 Å². The SMILES string of the molecule is Cc1cccc(C(=O)N2CCC[C@@H](C(=O)Nc3cccc(Cl)c3)C2)c1. The summed E-state index contributed by atoms with van der Waals surface area (Å²) < 4.78 is 0. The van der Waals surface area contributed by atoms with E-state index in [1.165, 1.54) is 0 Å². The predicted octanol–water partition coefficient (Wildman–Crippen LogP) is 4.14. The number of carbonyl (C=O) groups is 2. The smallest absolute Gasteiger partial charge is 0.253 e. The Labute approximate surface area is 152 Å². The molecule has 1 aliphatic heterocycles. The molecule has 3 rings (SSSR count). The quantitative estimate of drug-likeness (QED) is 0.898. The predicted molar refractivity (Wildman–Crippen MR) is 99.9 cm³/mol. The molecule has 2 aromatic rings. The van der Waals surface area contributed by atoms with Crippen LogP contribution in [0.1, 0.15) is 28.8 Å². The normalized spacial score (nSPS) is 17.2. The van der Waals surface area contributed by atoms with Crippen molar-refractivity contribution in [2.24, 2.45) is 5.92 Å². The fourth-order valence-corrected chi connectivity index (χ4v) is 3.34. The Morgan fingerprint density at radius 2 is 1.96 bits per heavy atom. The molecule has 0 aliphatic carbocycles. The number of anilines is 1. The Bertz CT molecular complexity index is 791. The number of likely N-dealkylation sites (tertiary alicyclic amines) is 1. The van der Waals surface area contributed by atoms with E-state index in [1.54, 1.807) is 23.1 Å². The molecule has 0 spiro atoms. The molecule has 1 aliphatic rings. The second-order valence-corrected chi connectivity index (χ2v) is 6.90. The first-order valence-electron chi connectivity index (χ1n) is 8.45. The monoisotopic (exact) mass is 356 g/mol. The third kappa shape index (κ3) is 4.40. The van der Waals surface area contributed by atoms with E-state index in [-0.39, 0.29) is 17.7 Å². The number of hydrogen-bond acceptors (Lipinski definition) is 2. The molecular weight excluding hydrogens is 336 g/mol. The molecule has 0 unspecified atom stereocenters. The maximum Gasteiger partial charge on any atom is 0.253 e. The van der Waals surface area contributed by atoms with Gasteiger partial charge in [-0.05, 0) is 50.1 Å². The lowest BCUT2D eigenvalue weighted by Crippen LogP contribution is -2.43. The van der Waals surface area contributed by atoms with Gasteiger partial charge in [0, 0.05) is 29.4 Å². The van der Waals surface area contributed by atoms with Gasteiger partial charge in [0.05, 0.1) is 5.92 Å². The maximum absolute atomic E-state index is 12.7. The van der Waals surface area contributed by atoms with Crippen LogP contribution in [0.5, 0.6) is 0 Å². The lowest BCUT2D eigenvalue weighted by Gasteiger charge is -2.32. The van der Waals surface area contributed by atoms with Gasteiger partial charge in [0.15, 0.2) is 0 Å². The zero-order valence-electron chi connectivity index (χ0n) is 14.2. The Morgan fingerprint density at radius 3 is 2.72 bits per heavy atom. The van der Waals surface area contributed by atoms with Gasteiger partial charge in [-0.15, -0.1) is 0 Å². The summed E-state index contributed by atoms with van der Waals surface area (Å²) in [5.74, 6) is -0.283. The lowest BCUT2D eigenvalue weighted by atomic mass is 9.96. The Hall–Kier alpha value is -2.33. The van der Waals surface area contributed by atoms with Crippen molar-refractivity contribution in [2.75, 3.05) is 18.4 Å². The summed E-state index contributed by atoms with van der Waals surface area (Å²) in [6, 6.07) is 14.7. The third-order valence-electron chi connectivity index (χ3n) is 4.44. The molecule has 2 amide bonds. The zero-order valence-corrected chi connectivity index (χ0v) is 14.9. The fraction of sp³-hybridized carbons (Fsp3) is 0.300. The van der Waals surface area contributed by atoms with Crippen molar-refractivity contribution in [1.82, 2.24) is 4.90 Å². The van der Waals surface area contributed by atoms with E-state index < -0.39 is 0 Å². The van der Waals surface area contributed by atoms with Gasteiger partial charge in [-0.3, -0.25) is 9.59 Å². The van der Waals surface area contributed by atoms with Gasteiger partial charge in [0.2, 0.25) is 5.91 Å². The van der Waals surface area contributed by atoms with E-state index in [9.17, 15) is 9.59 Å². The average Bonchev–Trinajstić information content (AvgIpc) is 2.61. The number of amides is 2. The van der Waals surface area contributed by atoms with Crippen molar-refractivity contribution in [1.29, 1.82) is 0 Å². The zero-order chi connectivity index (χ0) is 17.8. The summed E-state index contributed by atoms with van der Waals surface area (Å²) in [5, 5.41) is 3.48. The number of nitrogens with zero attached hydrogens (tertiary/aromatic N) is 1. The molecule has 1 saturated heterocycles. The standard InChI is InChI=1S/C20H21ClN2O2/c1-14-5-2-6-15(11-14)20(25)23-10-4-7-16(13-23)19(24)22-18-9-3-8-17(21)12-18/h2-3,5-6,8-9,11-12,16H,4,7,10,13H2,1H3,(H,22,24)/t16-/m1/s1. The van der Waals surface area contributed by atoms with Crippen molar-refractivity contribution >= 4 is 29.1 Å². The number of hydrogen-bond donors (Lipinski definition) is 1. The van der Waals surface area contributed by atoms with Crippen LogP contribution in [-0.4, -0.2) is 29.8 Å². The molecule has 0 radical (unpaired) electrons. The minimum absolute atomic E-state index is 0.0102. The van der Waals surface area contributed by atoms with Crippen LogP contribution in [0.3, 0.4) is 0 Å². The average molecular weight is 357 g/mol. The van der Waals surface area contributed by atoms with Crippen molar-refractivity contribution < 1.29 is 9.59 Å². The van der Waals surface area contributed by atoms with E-state index in [0.717, 1.165) is 18.4 Å². The van der Waals surface area contributed by atoms with Gasteiger partial charge in [-0.1, -0.05) is 35.4 Å². The Morgan fingerprint density at radius 1 is 1.16 bits per heavy atom. The van der Waals surface area contributed by atoms with Crippen molar-refractivity contribution in [2.45, 2.75) is 19.8 Å². The topological polar surface area (TPSA) is 49.4 Å². The van der Waals surface area contributed by atoms with Gasteiger partial charge < -0.3 is 10.2 Å². The molecule has 1 N–H and O–H groups in total. The van der Waals surface area contributed by atoms with Crippen molar-refractivity contribution in [3.63, 3.8) is 0 Å². The number of aryl methyl sites for hydroxylation is 1. The van der Waals surface area contributed by atoms with Crippen molar-refractivity contribution in [3.05, 3.63) is 64.7 Å². The van der Waals surface area contributed by atoms with Crippen LogP contribution >= 0.6 is 11.6 Å². The Balaban J connectivity index is 1.66. The van der Waals surface area contributed by atoms with Gasteiger partial charge >= 0.3 is 0 Å². The first-order chi connectivity index (χ1) is 12.0. The van der Waals surface area contributed by atoms with E-state index in [2.05, 4.69) is 5.32 Å². The van der Waals surface area contributed by atoms with Gasteiger partial charge in [0.1, 0.15) is 0 Å². The largest absolute Gasteiger partial charge is 0.338 e. The molecule has 25 heavy (non-hydrogen) atoms. The molecule has 1 fully saturated rings. The van der Waals surface area contributed by atoms with E-state index >= 15 is 0 Å². The summed E-state index contributed by atoms with van der Waals surface area (Å²) >= 11 is 5.96. The van der Waals surface area contributed by atoms with Crippen LogP contribution in [-0.2, 0) is 4.79 Å². The minimum Gasteiger partial charge on any atom is -0.338 e. The highest BCUT2D eigenvalue weighted by Crippen LogP contribution is 2.22. The van der Waals surface area contributed by atoms with E-state index in [0.29, 0.717) is 29.4 Å². The number of nitrogens with one attached hydrogen (secondary N) is 1. The van der Waals surface area contributed by atoms with E-state index in [4.69, 9.17) is 11.6 Å². The number of rotatable bonds is 3. The van der Waals surface area contributed by atoms with Gasteiger partial charge in [0.25, 0.3) is 5.91 Å². The molecule has 2 aromatic carbocycles. The van der Waals surface area contributed by atoms with Crippen molar-refractivity contribution in [3.8, 4) is 0 Å². The molecule has 130 valence electrons. The molecule has 4 nitrogen and oxygen atoms in total. The summed E-state index contributed by atoms with van der Waals surface area (Å²) in [4.78, 5) is 27.0. The summed E-state index contributed by atoms with van der Waals surface area (Å²) in [6.45, 7) is 3.10. The second kappa shape index (κ2) is 7.70. The van der Waals surface area contributed by atoms with Crippen LogP contribution in [0.2, 0.25) is 5.02 Å². The molecule has 1 atom stereocenters. The molecular formula is C20H21ClN2O2. The third-order valence-corrected chi connectivity index (χ3v) is 4.67. The summed E-state index contributed by atoms with van der Waals surface area (Å²) in [5.41, 5.74) is 2.41. The molecule has 0 bridgehead atoms. The second-order valence-electron chi connectivity index (χ2n) is 6.46. The van der Waals surface area contributed by atoms with Gasteiger partial charge in [-0.2, -0.15) is 0 Å². The highest BCUT2D eigenvalue weighted by atomic mass is 35.5. The molecule has 5 heteroatoms. The molecule has 1 heterocycles. The first-order valence-corrected chi connectivity index (χ1v) is 8.83. The summed E-state index contributed by atoms with van der Waals surface area (Å²) in [7, 11) is 0. The highest BCUT2D eigenvalue weighted by Gasteiger charge is 2.29. The number of carbonyl (C=O) groups excluding carboxylic acids is 2. The fourth-order valence-electron chi connectivity index (χ4n) is 3.15. The van der Waals surface area contributed by atoms with Crippen LogP contribution in [0.25, 0.3) is 0 Å². The maximum atomic E-state index is 12.7. The summed E-state index contributed by atoms with van der Waals surface area (Å²) in [6.07, 6.45) is 1.61. The van der Waals surface area contributed by atoms with Crippen LogP contribution < -0.4 is 5.32 Å². The van der Waals surface area contributed by atoms with E-state index in [1.807, 2.05) is 37.3 Å². The number of benzene rings is 2. The van der Waals surface area contributed by atoms with Crippen LogP contribution in [0, 0.1) is 12.8 Å². The first kappa shape index (κ1) is 17.5. The highest BCUT2D eigenvalue weighted by molar-refractivity contribution is 6.30.